The van der Waals surface area contributed by atoms with E-state index in [4.69, 9.17) is 5.73 Å². The van der Waals surface area contributed by atoms with Gasteiger partial charge in [-0.2, -0.15) is 13.2 Å². The summed E-state index contributed by atoms with van der Waals surface area (Å²) < 4.78 is 37.3. The van der Waals surface area contributed by atoms with E-state index in [0.29, 0.717) is 5.56 Å². The van der Waals surface area contributed by atoms with Gasteiger partial charge in [-0.05, 0) is 30.7 Å². The molecule has 0 aliphatic carbocycles. The van der Waals surface area contributed by atoms with Crippen molar-refractivity contribution in [2.75, 3.05) is 0 Å². The van der Waals surface area contributed by atoms with E-state index in [1.54, 1.807) is 18.3 Å². The summed E-state index contributed by atoms with van der Waals surface area (Å²) in [6.45, 7) is 1.82. The highest BCUT2D eigenvalue weighted by molar-refractivity contribution is 5.85. The molecule has 0 aliphatic heterocycles. The van der Waals surface area contributed by atoms with Gasteiger partial charge in [0.05, 0.1) is 11.3 Å². The summed E-state index contributed by atoms with van der Waals surface area (Å²) in [4.78, 5) is 4.18. The minimum Gasteiger partial charge on any atom is -0.323 e. The Hall–Kier alpha value is -1.59. The van der Waals surface area contributed by atoms with Crippen molar-refractivity contribution < 1.29 is 13.2 Å². The van der Waals surface area contributed by atoms with Crippen LogP contribution in [0.3, 0.4) is 0 Å². The molecule has 1 atom stereocenters. The van der Waals surface area contributed by atoms with Crippen molar-refractivity contribution in [1.82, 2.24) is 4.98 Å². The van der Waals surface area contributed by atoms with E-state index >= 15 is 0 Å². The summed E-state index contributed by atoms with van der Waals surface area (Å²) in [7, 11) is 0. The summed E-state index contributed by atoms with van der Waals surface area (Å²) >= 11 is 0. The SMILES string of the molecule is CC(N)c1ccc(-c2ccc(C(F)(F)F)cc2)cn1.Cl. The Morgan fingerprint density at radius 3 is 1.95 bits per heavy atom. The summed E-state index contributed by atoms with van der Waals surface area (Å²) in [5.41, 5.74) is 7.23. The van der Waals surface area contributed by atoms with Gasteiger partial charge in [0, 0.05) is 17.8 Å². The standard InChI is InChI=1S/C14H13F3N2.ClH/c1-9(18)13-7-4-11(8-19-13)10-2-5-12(6-3-10)14(15,16)17;/h2-9H,18H2,1H3;1H. The summed E-state index contributed by atoms with van der Waals surface area (Å²) in [6, 6.07) is 8.41. The van der Waals surface area contributed by atoms with E-state index in [9.17, 15) is 13.2 Å². The maximum Gasteiger partial charge on any atom is 0.416 e. The molecule has 1 unspecified atom stereocenters. The van der Waals surface area contributed by atoms with E-state index in [1.165, 1.54) is 12.1 Å². The highest BCUT2D eigenvalue weighted by Gasteiger charge is 2.29. The van der Waals surface area contributed by atoms with Gasteiger partial charge in [0.15, 0.2) is 0 Å². The summed E-state index contributed by atoms with van der Waals surface area (Å²) in [6.07, 6.45) is -2.70. The second-order valence-electron chi connectivity index (χ2n) is 4.34. The Morgan fingerprint density at radius 1 is 1.00 bits per heavy atom. The molecule has 2 aromatic rings. The van der Waals surface area contributed by atoms with E-state index in [0.717, 1.165) is 23.4 Å². The normalized spacial score (nSPS) is 12.7. The van der Waals surface area contributed by atoms with Crippen molar-refractivity contribution >= 4 is 12.4 Å². The fourth-order valence-electron chi connectivity index (χ4n) is 1.70. The predicted molar refractivity (Wildman–Crippen MR) is 74.5 cm³/mol. The van der Waals surface area contributed by atoms with E-state index in [1.807, 2.05) is 6.92 Å². The largest absolute Gasteiger partial charge is 0.416 e. The number of benzene rings is 1. The highest BCUT2D eigenvalue weighted by atomic mass is 35.5. The van der Waals surface area contributed by atoms with Gasteiger partial charge in [-0.3, -0.25) is 4.98 Å². The minimum atomic E-state index is -4.31. The van der Waals surface area contributed by atoms with Gasteiger partial charge < -0.3 is 5.73 Å². The third kappa shape index (κ3) is 3.71. The molecule has 1 heterocycles. The third-order valence-corrected chi connectivity index (χ3v) is 2.80. The average molecular weight is 303 g/mol. The minimum absolute atomic E-state index is 0. The molecule has 1 aromatic carbocycles. The van der Waals surface area contributed by atoms with Crippen LogP contribution in [0.1, 0.15) is 24.2 Å². The molecule has 0 bridgehead atoms. The van der Waals surface area contributed by atoms with Crippen molar-refractivity contribution in [2.45, 2.75) is 19.1 Å². The molecule has 0 radical (unpaired) electrons. The van der Waals surface area contributed by atoms with Crippen molar-refractivity contribution in [3.05, 3.63) is 53.9 Å². The van der Waals surface area contributed by atoms with Crippen LogP contribution in [0.2, 0.25) is 0 Å². The smallest absolute Gasteiger partial charge is 0.323 e. The topological polar surface area (TPSA) is 38.9 Å². The van der Waals surface area contributed by atoms with Crippen LogP contribution in [-0.4, -0.2) is 4.98 Å². The van der Waals surface area contributed by atoms with Gasteiger partial charge in [-0.1, -0.05) is 18.2 Å². The van der Waals surface area contributed by atoms with Gasteiger partial charge in [0.2, 0.25) is 0 Å². The van der Waals surface area contributed by atoms with E-state index in [-0.39, 0.29) is 18.4 Å². The van der Waals surface area contributed by atoms with Crippen LogP contribution in [0.5, 0.6) is 0 Å². The van der Waals surface area contributed by atoms with Gasteiger partial charge in [-0.25, -0.2) is 0 Å². The maximum absolute atomic E-state index is 12.4. The fourth-order valence-corrected chi connectivity index (χ4v) is 1.70. The number of alkyl halides is 3. The molecule has 2 nitrogen and oxygen atoms in total. The first-order valence-electron chi connectivity index (χ1n) is 5.77. The van der Waals surface area contributed by atoms with E-state index in [2.05, 4.69) is 4.98 Å². The van der Waals surface area contributed by atoms with Crippen molar-refractivity contribution in [1.29, 1.82) is 0 Å². The first-order chi connectivity index (χ1) is 8.88. The van der Waals surface area contributed by atoms with E-state index < -0.39 is 11.7 Å². The molecule has 1 aromatic heterocycles. The lowest BCUT2D eigenvalue weighted by molar-refractivity contribution is -0.137. The molecule has 2 rings (SSSR count). The zero-order valence-corrected chi connectivity index (χ0v) is 11.5. The molecule has 0 amide bonds. The molecule has 2 N–H and O–H groups in total. The number of aromatic nitrogens is 1. The molecule has 0 spiro atoms. The number of pyridine rings is 1. The van der Waals surface area contributed by atoms with Gasteiger partial charge in [0.1, 0.15) is 0 Å². The van der Waals surface area contributed by atoms with Crippen LogP contribution < -0.4 is 5.73 Å². The summed E-state index contributed by atoms with van der Waals surface area (Å²) in [5, 5.41) is 0. The number of hydrogen-bond acceptors (Lipinski definition) is 2. The van der Waals surface area contributed by atoms with Gasteiger partial charge >= 0.3 is 6.18 Å². The fraction of sp³-hybridized carbons (Fsp3) is 0.214. The predicted octanol–water partition coefficient (Wildman–Crippen LogP) is 4.21. The molecular weight excluding hydrogens is 289 g/mol. The Labute approximate surface area is 121 Å². The number of halogens is 4. The van der Waals surface area contributed by atoms with Crippen LogP contribution >= 0.6 is 12.4 Å². The molecule has 0 saturated carbocycles. The van der Waals surface area contributed by atoms with Crippen LogP contribution in [0.25, 0.3) is 11.1 Å². The quantitative estimate of drug-likeness (QED) is 0.902. The Morgan fingerprint density at radius 2 is 1.55 bits per heavy atom. The van der Waals surface area contributed by atoms with Gasteiger partial charge in [0.25, 0.3) is 0 Å². The number of rotatable bonds is 2. The first kappa shape index (κ1) is 16.5. The third-order valence-electron chi connectivity index (χ3n) is 2.80. The lowest BCUT2D eigenvalue weighted by atomic mass is 10.0. The van der Waals surface area contributed by atoms with Crippen LogP contribution in [-0.2, 0) is 6.18 Å². The van der Waals surface area contributed by atoms with Gasteiger partial charge in [-0.15, -0.1) is 12.4 Å². The Bertz CT molecular complexity index is 548. The molecule has 0 fully saturated rings. The van der Waals surface area contributed by atoms with Crippen molar-refractivity contribution in [3.8, 4) is 11.1 Å². The lowest BCUT2D eigenvalue weighted by Crippen LogP contribution is -2.06. The Kier molecular flexibility index (Phi) is 5.14. The monoisotopic (exact) mass is 302 g/mol. The molecule has 0 aliphatic rings. The van der Waals surface area contributed by atoms with Crippen molar-refractivity contribution in [2.24, 2.45) is 5.73 Å². The zero-order chi connectivity index (χ0) is 14.0. The maximum atomic E-state index is 12.4. The highest BCUT2D eigenvalue weighted by Crippen LogP contribution is 2.30. The molecule has 0 saturated heterocycles. The van der Waals surface area contributed by atoms with Crippen LogP contribution in [0.15, 0.2) is 42.6 Å². The average Bonchev–Trinajstić information content (AvgIpc) is 2.38. The van der Waals surface area contributed by atoms with Crippen molar-refractivity contribution in [3.63, 3.8) is 0 Å². The van der Waals surface area contributed by atoms with Crippen LogP contribution in [0, 0.1) is 0 Å². The first-order valence-corrected chi connectivity index (χ1v) is 5.77. The Balaban J connectivity index is 0.00000200. The zero-order valence-electron chi connectivity index (χ0n) is 10.7. The molecule has 108 valence electrons. The van der Waals surface area contributed by atoms with Crippen LogP contribution in [0.4, 0.5) is 13.2 Å². The molecular formula is C14H14ClF3N2. The summed E-state index contributed by atoms with van der Waals surface area (Å²) in [5.74, 6) is 0. The number of nitrogens with zero attached hydrogens (tertiary/aromatic N) is 1. The second kappa shape index (κ2) is 6.24. The molecule has 6 heteroatoms. The second-order valence-corrected chi connectivity index (χ2v) is 4.34. The number of hydrogen-bond donors (Lipinski definition) is 1. The number of nitrogens with two attached hydrogens (primary N) is 1. The lowest BCUT2D eigenvalue weighted by Gasteiger charge is -2.09. The molecule has 20 heavy (non-hydrogen) atoms.